The average Bonchev–Trinajstić information content (AvgIpc) is 3.71. The summed E-state index contributed by atoms with van der Waals surface area (Å²) in [7, 11) is 0. The van der Waals surface area contributed by atoms with Crippen molar-refractivity contribution in [1.82, 2.24) is 0 Å². The summed E-state index contributed by atoms with van der Waals surface area (Å²) in [5.74, 6) is 0. The molecule has 270 valence electrons. The van der Waals surface area contributed by atoms with Gasteiger partial charge in [0.1, 0.15) is 0 Å². The molecule has 3 nitrogen and oxygen atoms in total. The molecule has 0 amide bonds. The van der Waals surface area contributed by atoms with Crippen molar-refractivity contribution in [3.63, 3.8) is 0 Å². The quantitative estimate of drug-likeness (QED) is 0.182. The van der Waals surface area contributed by atoms with Crippen molar-refractivity contribution >= 4 is 0 Å². The Morgan fingerprint density at radius 1 is 0.281 bits per heavy atom. The lowest BCUT2D eigenvalue weighted by molar-refractivity contribution is 0.660. The Balaban J connectivity index is 1.15. The van der Waals surface area contributed by atoms with Crippen LogP contribution in [0.4, 0.5) is 0 Å². The molecular weight excluding hydrogens is 691 g/mol. The summed E-state index contributed by atoms with van der Waals surface area (Å²) in [6.07, 6.45) is 0. The van der Waals surface area contributed by atoms with Crippen molar-refractivity contribution in [3.05, 3.63) is 177 Å². The fraction of sp³-hybridized carbons (Fsp3) is 0.167. The highest BCUT2D eigenvalue weighted by Crippen LogP contribution is 2.53. The molecular formula is C54H39N3. The Labute approximate surface area is 334 Å². The molecule has 0 unspecified atom stereocenters. The lowest BCUT2D eigenvalue weighted by Gasteiger charge is -2.23. The van der Waals surface area contributed by atoms with Crippen LogP contribution in [0.15, 0.2) is 127 Å². The van der Waals surface area contributed by atoms with E-state index in [1.807, 2.05) is 18.2 Å². The smallest absolute Gasteiger partial charge is 0.0991 e. The van der Waals surface area contributed by atoms with E-state index in [1.165, 1.54) is 66.8 Å². The van der Waals surface area contributed by atoms with Crippen LogP contribution in [0.25, 0.3) is 66.8 Å². The van der Waals surface area contributed by atoms with Gasteiger partial charge in [-0.2, -0.15) is 15.8 Å². The van der Waals surface area contributed by atoms with Crippen LogP contribution in [0.5, 0.6) is 0 Å². The Kier molecular flexibility index (Phi) is 7.12. The van der Waals surface area contributed by atoms with Gasteiger partial charge in [-0.1, -0.05) is 96.1 Å². The molecule has 0 aliphatic heterocycles. The van der Waals surface area contributed by atoms with E-state index in [9.17, 15) is 15.8 Å². The monoisotopic (exact) mass is 729 g/mol. The second-order valence-corrected chi connectivity index (χ2v) is 17.6. The van der Waals surface area contributed by atoms with Crippen LogP contribution in [-0.2, 0) is 16.2 Å². The van der Waals surface area contributed by atoms with E-state index < -0.39 is 0 Å². The molecule has 0 bridgehead atoms. The van der Waals surface area contributed by atoms with Crippen LogP contribution in [0.2, 0.25) is 0 Å². The van der Waals surface area contributed by atoms with Crippen molar-refractivity contribution in [2.24, 2.45) is 0 Å². The third kappa shape index (κ3) is 4.88. The molecule has 7 aromatic carbocycles. The first-order valence-corrected chi connectivity index (χ1v) is 19.6. The molecule has 3 aliphatic rings. The summed E-state index contributed by atoms with van der Waals surface area (Å²) in [4.78, 5) is 0. The SMILES string of the molecule is CC1(C)c2cc(C#N)ccc2-c2ccc(-c3cc(-c4ccc5c(c4)C(C)(C)c4cc(C#N)ccc4-5)cc(-c4ccc5c(c4)C(C)(C)c4cc(C#N)ccc4-5)c3)cc21. The topological polar surface area (TPSA) is 71.4 Å². The van der Waals surface area contributed by atoms with E-state index in [1.54, 1.807) is 0 Å². The molecule has 3 heteroatoms. The number of fused-ring (bicyclic) bond motifs is 9. The van der Waals surface area contributed by atoms with Crippen molar-refractivity contribution in [3.8, 4) is 85.0 Å². The maximum absolute atomic E-state index is 9.71. The highest BCUT2D eigenvalue weighted by molar-refractivity contribution is 5.90. The van der Waals surface area contributed by atoms with E-state index >= 15 is 0 Å². The number of hydrogen-bond acceptors (Lipinski definition) is 3. The summed E-state index contributed by atoms with van der Waals surface area (Å²) >= 11 is 0. The van der Waals surface area contributed by atoms with Crippen molar-refractivity contribution in [2.75, 3.05) is 0 Å². The van der Waals surface area contributed by atoms with Crippen molar-refractivity contribution in [1.29, 1.82) is 15.8 Å². The second kappa shape index (κ2) is 11.8. The highest BCUT2D eigenvalue weighted by atomic mass is 14.4. The number of benzene rings is 7. The zero-order chi connectivity index (χ0) is 39.6. The minimum absolute atomic E-state index is 0.258. The number of nitriles is 3. The molecule has 0 aromatic heterocycles. The number of rotatable bonds is 3. The Hall–Kier alpha value is -6.99. The molecule has 0 atom stereocenters. The Morgan fingerprint density at radius 3 is 0.754 bits per heavy atom. The standard InChI is InChI=1S/C54H39N3/c1-52(2)46-19-31(28-55)7-13-40(46)43-16-10-34(25-49(43)52)37-22-38(35-11-17-44-41-14-8-32(29-56)20-47(41)53(3,4)50(44)26-35)24-39(23-37)36-12-18-45-42-15-9-33(30-57)21-48(42)54(5,6)51(45)27-36/h7-27H,1-6H3. The molecule has 57 heavy (non-hydrogen) atoms. The second-order valence-electron chi connectivity index (χ2n) is 17.6. The molecule has 3 aliphatic carbocycles. The van der Waals surface area contributed by atoms with E-state index in [0.717, 1.165) is 33.4 Å². The summed E-state index contributed by atoms with van der Waals surface area (Å²) in [5.41, 5.74) is 22.7. The minimum Gasteiger partial charge on any atom is -0.192 e. The van der Waals surface area contributed by atoms with Gasteiger partial charge in [-0.05, 0) is 173 Å². The summed E-state index contributed by atoms with van der Waals surface area (Å²) in [5, 5.41) is 29.1. The minimum atomic E-state index is -0.258. The van der Waals surface area contributed by atoms with Crippen LogP contribution in [0.1, 0.15) is 91.6 Å². The van der Waals surface area contributed by atoms with Gasteiger partial charge in [0.25, 0.3) is 0 Å². The highest BCUT2D eigenvalue weighted by Gasteiger charge is 2.38. The van der Waals surface area contributed by atoms with Crippen LogP contribution in [0, 0.1) is 34.0 Å². The maximum atomic E-state index is 9.71. The van der Waals surface area contributed by atoms with Gasteiger partial charge in [0, 0.05) is 16.2 Å². The molecule has 0 saturated heterocycles. The third-order valence-electron chi connectivity index (χ3n) is 13.3. The van der Waals surface area contributed by atoms with Crippen LogP contribution >= 0.6 is 0 Å². The lowest BCUT2D eigenvalue weighted by atomic mass is 9.80. The molecule has 0 N–H and O–H groups in total. The van der Waals surface area contributed by atoms with Gasteiger partial charge in [-0.15, -0.1) is 0 Å². The Bertz CT molecular complexity index is 2730. The van der Waals surface area contributed by atoms with Gasteiger partial charge >= 0.3 is 0 Å². The summed E-state index contributed by atoms with van der Waals surface area (Å²) in [6, 6.07) is 52.8. The summed E-state index contributed by atoms with van der Waals surface area (Å²) in [6.45, 7) is 13.6. The first-order valence-electron chi connectivity index (χ1n) is 19.6. The first kappa shape index (κ1) is 34.5. The van der Waals surface area contributed by atoms with E-state index in [-0.39, 0.29) is 16.2 Å². The molecule has 0 radical (unpaired) electrons. The van der Waals surface area contributed by atoms with E-state index in [4.69, 9.17) is 0 Å². The van der Waals surface area contributed by atoms with Gasteiger partial charge in [-0.25, -0.2) is 0 Å². The molecule has 10 rings (SSSR count). The fourth-order valence-electron chi connectivity index (χ4n) is 10.1. The molecule has 0 spiro atoms. The molecule has 7 aromatic rings. The van der Waals surface area contributed by atoms with Gasteiger partial charge in [0.15, 0.2) is 0 Å². The number of nitrogens with zero attached hydrogens (tertiary/aromatic N) is 3. The Morgan fingerprint density at radius 2 is 0.509 bits per heavy atom. The lowest BCUT2D eigenvalue weighted by Crippen LogP contribution is -2.15. The van der Waals surface area contributed by atoms with Gasteiger partial charge in [0.2, 0.25) is 0 Å². The van der Waals surface area contributed by atoms with Gasteiger partial charge < -0.3 is 0 Å². The zero-order valence-corrected chi connectivity index (χ0v) is 33.0. The zero-order valence-electron chi connectivity index (χ0n) is 33.0. The van der Waals surface area contributed by atoms with Crippen molar-refractivity contribution < 1.29 is 0 Å². The maximum Gasteiger partial charge on any atom is 0.0991 e. The van der Waals surface area contributed by atoms with Crippen LogP contribution in [-0.4, -0.2) is 0 Å². The first-order chi connectivity index (χ1) is 27.3. The van der Waals surface area contributed by atoms with E-state index in [0.29, 0.717) is 16.7 Å². The van der Waals surface area contributed by atoms with Crippen LogP contribution in [0.3, 0.4) is 0 Å². The molecule has 0 saturated carbocycles. The molecule has 0 fully saturated rings. The largest absolute Gasteiger partial charge is 0.192 e. The predicted molar refractivity (Wildman–Crippen MR) is 230 cm³/mol. The van der Waals surface area contributed by atoms with Gasteiger partial charge in [-0.3, -0.25) is 0 Å². The predicted octanol–water partition coefficient (Wildman–Crippen LogP) is 13.2. The molecule has 0 heterocycles. The summed E-state index contributed by atoms with van der Waals surface area (Å²) < 4.78 is 0. The van der Waals surface area contributed by atoms with E-state index in [2.05, 4.69) is 169 Å². The van der Waals surface area contributed by atoms with Gasteiger partial charge in [0.05, 0.1) is 34.9 Å². The third-order valence-corrected chi connectivity index (χ3v) is 13.3. The average molecular weight is 730 g/mol. The number of hydrogen-bond donors (Lipinski definition) is 0. The normalized spacial score (nSPS) is 15.2. The van der Waals surface area contributed by atoms with Crippen molar-refractivity contribution in [2.45, 2.75) is 57.8 Å². The fourth-order valence-corrected chi connectivity index (χ4v) is 10.1. The van der Waals surface area contributed by atoms with Crippen LogP contribution < -0.4 is 0 Å².